The molecule has 0 bridgehead atoms. The first-order valence-electron chi connectivity index (χ1n) is 5.56. The highest BCUT2D eigenvalue weighted by Gasteiger charge is 2.04. The van der Waals surface area contributed by atoms with Crippen molar-refractivity contribution in [2.45, 2.75) is 53.0 Å². The van der Waals surface area contributed by atoms with E-state index in [9.17, 15) is 0 Å². The summed E-state index contributed by atoms with van der Waals surface area (Å²) in [6.45, 7) is 8.40. The van der Waals surface area contributed by atoms with Gasteiger partial charge in [-0.25, -0.2) is 0 Å². The van der Waals surface area contributed by atoms with E-state index in [2.05, 4.69) is 31.0 Å². The van der Waals surface area contributed by atoms with Crippen molar-refractivity contribution in [3.8, 4) is 0 Å². The molecule has 0 aliphatic heterocycles. The van der Waals surface area contributed by atoms with E-state index in [0.717, 1.165) is 18.7 Å². The third-order valence-corrected chi connectivity index (χ3v) is 2.02. The van der Waals surface area contributed by atoms with Gasteiger partial charge in [-0.3, -0.25) is 4.99 Å². The van der Waals surface area contributed by atoms with Crippen molar-refractivity contribution in [3.63, 3.8) is 0 Å². The molecule has 0 spiro atoms. The van der Waals surface area contributed by atoms with Crippen LogP contribution in [0.4, 0.5) is 0 Å². The van der Waals surface area contributed by atoms with Gasteiger partial charge in [-0.2, -0.15) is 0 Å². The summed E-state index contributed by atoms with van der Waals surface area (Å²) in [5, 5.41) is 0. The first-order chi connectivity index (χ1) is 6.57. The van der Waals surface area contributed by atoms with Crippen LogP contribution in [0.1, 0.15) is 47.0 Å². The molecule has 2 heteroatoms. The van der Waals surface area contributed by atoms with Crippen molar-refractivity contribution >= 4 is 5.84 Å². The van der Waals surface area contributed by atoms with Crippen molar-refractivity contribution in [1.82, 2.24) is 0 Å². The summed E-state index contributed by atoms with van der Waals surface area (Å²) in [6.07, 6.45) is 7.80. The maximum absolute atomic E-state index is 5.85. The minimum Gasteiger partial charge on any atom is -0.387 e. The molecule has 0 aliphatic rings. The average Bonchev–Trinajstić information content (AvgIpc) is 2.11. The quantitative estimate of drug-likeness (QED) is 0.395. The summed E-state index contributed by atoms with van der Waals surface area (Å²) in [4.78, 5) is 4.34. The number of hydrogen-bond acceptors (Lipinski definition) is 1. The Morgan fingerprint density at radius 2 is 1.93 bits per heavy atom. The lowest BCUT2D eigenvalue weighted by molar-refractivity contribution is 0.745. The molecule has 2 nitrogen and oxygen atoms in total. The third-order valence-electron chi connectivity index (χ3n) is 2.02. The van der Waals surface area contributed by atoms with Gasteiger partial charge in [0.2, 0.25) is 0 Å². The summed E-state index contributed by atoms with van der Waals surface area (Å²) in [5.74, 6) is 1.15. The predicted molar refractivity (Wildman–Crippen MR) is 64.6 cm³/mol. The molecule has 0 aromatic carbocycles. The molecule has 0 fully saturated rings. The lowest BCUT2D eigenvalue weighted by atomic mass is 10.1. The van der Waals surface area contributed by atoms with Crippen LogP contribution in [0.25, 0.3) is 0 Å². The maximum atomic E-state index is 5.85. The van der Waals surface area contributed by atoms with Gasteiger partial charge in [0, 0.05) is 12.0 Å². The van der Waals surface area contributed by atoms with Crippen LogP contribution in [0.5, 0.6) is 0 Å². The molecule has 14 heavy (non-hydrogen) atoms. The molecule has 0 aromatic rings. The molecule has 1 unspecified atom stereocenters. The molecule has 0 amide bonds. The Bertz CT molecular complexity index is 192. The third kappa shape index (κ3) is 6.70. The van der Waals surface area contributed by atoms with Gasteiger partial charge < -0.3 is 5.73 Å². The van der Waals surface area contributed by atoms with Crippen LogP contribution >= 0.6 is 0 Å². The monoisotopic (exact) mass is 196 g/mol. The van der Waals surface area contributed by atoms with Crippen molar-refractivity contribution in [2.75, 3.05) is 0 Å². The van der Waals surface area contributed by atoms with Crippen LogP contribution in [0.2, 0.25) is 0 Å². The zero-order valence-electron chi connectivity index (χ0n) is 9.96. The van der Waals surface area contributed by atoms with Crippen molar-refractivity contribution in [3.05, 3.63) is 12.2 Å². The number of nitrogens with two attached hydrogens (primary N) is 1. The fourth-order valence-corrected chi connectivity index (χ4v) is 1.13. The molecule has 0 saturated heterocycles. The molecule has 2 N–H and O–H groups in total. The number of allylic oxidation sites excluding steroid dienone is 2. The summed E-state index contributed by atoms with van der Waals surface area (Å²) in [6, 6.07) is 0.303. The second-order valence-corrected chi connectivity index (χ2v) is 4.04. The number of amidine groups is 1. The SMILES string of the molecule is CCCC=CCC(C)C(N)=NC(C)C. The fraction of sp³-hybridized carbons (Fsp3) is 0.750. The lowest BCUT2D eigenvalue weighted by Gasteiger charge is -2.09. The van der Waals surface area contributed by atoms with Crippen molar-refractivity contribution < 1.29 is 0 Å². The molecule has 0 heterocycles. The van der Waals surface area contributed by atoms with Gasteiger partial charge in [0.15, 0.2) is 0 Å². The van der Waals surface area contributed by atoms with E-state index in [0.29, 0.717) is 12.0 Å². The Kier molecular flexibility index (Phi) is 7.17. The van der Waals surface area contributed by atoms with Crippen LogP contribution < -0.4 is 5.73 Å². The Morgan fingerprint density at radius 3 is 2.43 bits per heavy atom. The highest BCUT2D eigenvalue weighted by molar-refractivity contribution is 5.82. The van der Waals surface area contributed by atoms with Crippen molar-refractivity contribution in [1.29, 1.82) is 0 Å². The van der Waals surface area contributed by atoms with E-state index >= 15 is 0 Å². The zero-order chi connectivity index (χ0) is 11.0. The Labute approximate surface area is 88.3 Å². The van der Waals surface area contributed by atoms with Crippen LogP contribution in [0.15, 0.2) is 17.1 Å². The minimum absolute atomic E-state index is 0.303. The van der Waals surface area contributed by atoms with Gasteiger partial charge in [0.25, 0.3) is 0 Å². The van der Waals surface area contributed by atoms with Gasteiger partial charge in [0.1, 0.15) is 0 Å². The summed E-state index contributed by atoms with van der Waals surface area (Å²) < 4.78 is 0. The van der Waals surface area contributed by atoms with Crippen LogP contribution in [0.3, 0.4) is 0 Å². The van der Waals surface area contributed by atoms with E-state index in [-0.39, 0.29) is 0 Å². The Balaban J connectivity index is 3.89. The highest BCUT2D eigenvalue weighted by Crippen LogP contribution is 2.05. The molecule has 1 atom stereocenters. The normalized spacial score (nSPS) is 15.4. The van der Waals surface area contributed by atoms with Gasteiger partial charge >= 0.3 is 0 Å². The van der Waals surface area contributed by atoms with Crippen molar-refractivity contribution in [2.24, 2.45) is 16.6 Å². The molecular weight excluding hydrogens is 172 g/mol. The average molecular weight is 196 g/mol. The van der Waals surface area contributed by atoms with Crippen LogP contribution in [0, 0.1) is 5.92 Å². The standard InChI is InChI=1S/C12H24N2/c1-5-6-7-8-9-11(4)12(13)14-10(2)3/h7-8,10-11H,5-6,9H2,1-4H3,(H2,13,14). The number of hydrogen-bond donors (Lipinski definition) is 1. The van der Waals surface area contributed by atoms with Crippen LogP contribution in [-0.4, -0.2) is 11.9 Å². The molecule has 0 saturated carbocycles. The summed E-state index contributed by atoms with van der Waals surface area (Å²) in [5.41, 5.74) is 5.85. The molecule has 0 rings (SSSR count). The van der Waals surface area contributed by atoms with Gasteiger partial charge in [0.05, 0.1) is 5.84 Å². The zero-order valence-corrected chi connectivity index (χ0v) is 9.96. The number of nitrogens with zero attached hydrogens (tertiary/aromatic N) is 1. The molecular formula is C12H24N2. The fourth-order valence-electron chi connectivity index (χ4n) is 1.13. The van der Waals surface area contributed by atoms with E-state index in [4.69, 9.17) is 5.73 Å². The van der Waals surface area contributed by atoms with Gasteiger partial charge in [-0.1, -0.05) is 32.4 Å². The molecule has 0 aliphatic carbocycles. The molecule has 0 radical (unpaired) electrons. The second-order valence-electron chi connectivity index (χ2n) is 4.04. The van der Waals surface area contributed by atoms with Gasteiger partial charge in [-0.15, -0.1) is 0 Å². The molecule has 82 valence electrons. The second kappa shape index (κ2) is 7.60. The first kappa shape index (κ1) is 13.2. The van der Waals surface area contributed by atoms with E-state index in [1.54, 1.807) is 0 Å². The van der Waals surface area contributed by atoms with E-state index in [1.165, 1.54) is 6.42 Å². The predicted octanol–water partition coefficient (Wildman–Crippen LogP) is 3.13. The summed E-state index contributed by atoms with van der Waals surface area (Å²) in [7, 11) is 0. The largest absolute Gasteiger partial charge is 0.387 e. The number of unbranched alkanes of at least 4 members (excludes halogenated alkanes) is 1. The van der Waals surface area contributed by atoms with Crippen LogP contribution in [-0.2, 0) is 0 Å². The number of aliphatic imine (C=N–C) groups is 1. The number of rotatable bonds is 6. The van der Waals surface area contributed by atoms with Gasteiger partial charge in [-0.05, 0) is 26.7 Å². The topological polar surface area (TPSA) is 38.4 Å². The van der Waals surface area contributed by atoms with E-state index < -0.39 is 0 Å². The summed E-state index contributed by atoms with van der Waals surface area (Å²) >= 11 is 0. The maximum Gasteiger partial charge on any atom is 0.0971 e. The van der Waals surface area contributed by atoms with E-state index in [1.807, 2.05) is 13.8 Å². The lowest BCUT2D eigenvalue weighted by Crippen LogP contribution is -2.22. The Morgan fingerprint density at radius 1 is 1.29 bits per heavy atom. The smallest absolute Gasteiger partial charge is 0.0971 e. The first-order valence-corrected chi connectivity index (χ1v) is 5.56. The minimum atomic E-state index is 0.303. The Hall–Kier alpha value is -0.790. The highest BCUT2D eigenvalue weighted by atomic mass is 14.9. The molecule has 0 aromatic heterocycles.